The monoisotopic (exact) mass is 554 g/mol. The Balaban J connectivity index is 1.41. The number of nitrogens with one attached hydrogen (secondary N) is 1. The minimum atomic E-state index is -0.335. The number of hydrogen-bond donors (Lipinski definition) is 1. The van der Waals surface area contributed by atoms with E-state index in [4.69, 9.17) is 13.9 Å². The summed E-state index contributed by atoms with van der Waals surface area (Å²) in [5.74, 6) is 0.700. The molecule has 2 aromatic heterocycles. The molecule has 1 N–H and O–H groups in total. The van der Waals surface area contributed by atoms with Crippen LogP contribution in [0.4, 0.5) is 5.69 Å². The van der Waals surface area contributed by atoms with E-state index in [1.165, 1.54) is 0 Å². The maximum atomic E-state index is 12.7. The summed E-state index contributed by atoms with van der Waals surface area (Å²) in [5, 5.41) is 5.65. The fourth-order valence-electron chi connectivity index (χ4n) is 3.63. The zero-order valence-corrected chi connectivity index (χ0v) is 20.0. The van der Waals surface area contributed by atoms with Gasteiger partial charge in [-0.25, -0.2) is 0 Å². The number of nitrogens with zero attached hydrogens (tertiary/aromatic N) is 1. The molecule has 0 unspecified atom stereocenters. The van der Waals surface area contributed by atoms with E-state index in [9.17, 15) is 4.79 Å². The first-order valence-corrected chi connectivity index (χ1v) is 11.3. The number of amides is 1. The smallest absolute Gasteiger partial charge is 0.262 e. The molecule has 2 heterocycles. The Bertz CT molecular complexity index is 1500. The predicted octanol–water partition coefficient (Wildman–Crippen LogP) is 6.69. The van der Waals surface area contributed by atoms with Crippen LogP contribution in [-0.4, -0.2) is 24.6 Å². The Morgan fingerprint density at radius 2 is 1.81 bits per heavy atom. The Morgan fingerprint density at radius 3 is 2.66 bits per heavy atom. The fraction of sp³-hybridized carbons (Fsp3) is 0.0833. The summed E-state index contributed by atoms with van der Waals surface area (Å²) in [6.45, 7) is -0.201. The third kappa shape index (κ3) is 3.69. The molecule has 1 amide bonds. The van der Waals surface area contributed by atoms with Crippen LogP contribution in [0.15, 0.2) is 74.2 Å². The highest BCUT2D eigenvalue weighted by molar-refractivity contribution is 9.11. The normalized spacial score (nSPS) is 11.2. The van der Waals surface area contributed by atoms with Gasteiger partial charge in [-0.2, -0.15) is 0 Å². The number of carbonyl (C=O) groups is 1. The van der Waals surface area contributed by atoms with Gasteiger partial charge in [-0.3, -0.25) is 9.78 Å². The number of benzene rings is 3. The van der Waals surface area contributed by atoms with Gasteiger partial charge in [-0.05, 0) is 40.2 Å². The summed E-state index contributed by atoms with van der Waals surface area (Å²) in [6, 6.07) is 17.0. The van der Waals surface area contributed by atoms with E-state index in [0.29, 0.717) is 32.8 Å². The summed E-state index contributed by atoms with van der Waals surface area (Å²) >= 11 is 7.02. The summed E-state index contributed by atoms with van der Waals surface area (Å²) in [6.07, 6.45) is 1.68. The lowest BCUT2D eigenvalue weighted by Crippen LogP contribution is -2.20. The van der Waals surface area contributed by atoms with Crippen LogP contribution in [-0.2, 0) is 4.79 Å². The number of halogens is 2. The van der Waals surface area contributed by atoms with Gasteiger partial charge in [-0.1, -0.05) is 40.2 Å². The van der Waals surface area contributed by atoms with Crippen molar-refractivity contribution in [1.29, 1.82) is 0 Å². The van der Waals surface area contributed by atoms with Crippen LogP contribution in [0.5, 0.6) is 11.5 Å². The van der Waals surface area contributed by atoms with Crippen molar-refractivity contribution in [3.63, 3.8) is 0 Å². The van der Waals surface area contributed by atoms with Crippen molar-refractivity contribution < 1.29 is 18.7 Å². The number of anilines is 1. The van der Waals surface area contributed by atoms with E-state index in [1.807, 2.05) is 48.5 Å². The summed E-state index contributed by atoms with van der Waals surface area (Å²) < 4.78 is 18.8. The lowest BCUT2D eigenvalue weighted by molar-refractivity contribution is -0.118. The first-order chi connectivity index (χ1) is 15.5. The van der Waals surface area contributed by atoms with E-state index < -0.39 is 0 Å². The van der Waals surface area contributed by atoms with Gasteiger partial charge >= 0.3 is 0 Å². The average molecular weight is 556 g/mol. The van der Waals surface area contributed by atoms with Crippen LogP contribution in [0.1, 0.15) is 0 Å². The molecule has 0 bridgehead atoms. The molecule has 3 aromatic carbocycles. The zero-order chi connectivity index (χ0) is 22.2. The molecule has 32 heavy (non-hydrogen) atoms. The molecule has 0 saturated carbocycles. The van der Waals surface area contributed by atoms with E-state index in [0.717, 1.165) is 26.2 Å². The lowest BCUT2D eigenvalue weighted by atomic mass is 10.1. The molecule has 0 aliphatic heterocycles. The van der Waals surface area contributed by atoms with E-state index in [2.05, 4.69) is 42.2 Å². The predicted molar refractivity (Wildman–Crippen MR) is 132 cm³/mol. The number of rotatable bonds is 5. The van der Waals surface area contributed by atoms with Crippen molar-refractivity contribution >= 4 is 76.3 Å². The third-order valence-electron chi connectivity index (χ3n) is 5.07. The number of hydrogen-bond acceptors (Lipinski definition) is 5. The molecule has 0 atom stereocenters. The van der Waals surface area contributed by atoms with Crippen LogP contribution in [0.3, 0.4) is 0 Å². The molecule has 0 aliphatic rings. The molecular weight excluding hydrogens is 540 g/mol. The van der Waals surface area contributed by atoms with Crippen LogP contribution in [0.2, 0.25) is 0 Å². The average Bonchev–Trinajstić information content (AvgIpc) is 3.15. The molecule has 6 nitrogen and oxygen atoms in total. The maximum Gasteiger partial charge on any atom is 0.262 e. The number of methoxy groups -OCH3 is 1. The number of furan rings is 1. The molecule has 5 aromatic rings. The summed E-state index contributed by atoms with van der Waals surface area (Å²) in [4.78, 5) is 17.1. The number of carbonyl (C=O) groups excluding carboxylic acids is 1. The van der Waals surface area contributed by atoms with E-state index in [-0.39, 0.29) is 12.5 Å². The van der Waals surface area contributed by atoms with Crippen LogP contribution >= 0.6 is 31.9 Å². The second kappa shape index (κ2) is 8.44. The number of para-hydroxylation sites is 1. The Hall–Kier alpha value is -3.10. The number of aromatic nitrogens is 1. The van der Waals surface area contributed by atoms with Gasteiger partial charge in [0.15, 0.2) is 12.4 Å². The molecule has 0 radical (unpaired) electrons. The quantitative estimate of drug-likeness (QED) is 0.262. The van der Waals surface area contributed by atoms with Crippen molar-refractivity contribution in [3.05, 3.63) is 69.7 Å². The van der Waals surface area contributed by atoms with Crippen molar-refractivity contribution in [2.75, 3.05) is 19.0 Å². The Morgan fingerprint density at radius 1 is 1.00 bits per heavy atom. The van der Waals surface area contributed by atoms with Crippen molar-refractivity contribution in [1.82, 2.24) is 4.98 Å². The lowest BCUT2D eigenvalue weighted by Gasteiger charge is -2.13. The van der Waals surface area contributed by atoms with Gasteiger partial charge in [0.25, 0.3) is 5.91 Å². The maximum absolute atomic E-state index is 12.7. The highest BCUT2D eigenvalue weighted by Crippen LogP contribution is 2.38. The third-order valence-corrected chi connectivity index (χ3v) is 6.32. The highest BCUT2D eigenvalue weighted by Gasteiger charge is 2.16. The fourth-order valence-corrected chi connectivity index (χ4v) is 5.01. The van der Waals surface area contributed by atoms with Gasteiger partial charge in [0.1, 0.15) is 22.4 Å². The molecule has 5 rings (SSSR count). The SMILES string of the molecule is COc1cc2c(cc1NC(=O)COc1c(Br)cc(Br)c3cccnc13)oc1ccccc12. The Kier molecular flexibility index (Phi) is 5.48. The van der Waals surface area contributed by atoms with E-state index >= 15 is 0 Å². The van der Waals surface area contributed by atoms with Gasteiger partial charge in [-0.15, -0.1) is 0 Å². The van der Waals surface area contributed by atoms with E-state index in [1.54, 1.807) is 19.4 Å². The van der Waals surface area contributed by atoms with Gasteiger partial charge in [0.2, 0.25) is 0 Å². The minimum Gasteiger partial charge on any atom is -0.495 e. The first kappa shape index (κ1) is 20.8. The summed E-state index contributed by atoms with van der Waals surface area (Å²) in [5.41, 5.74) is 2.60. The molecule has 0 aliphatic carbocycles. The molecular formula is C24H16Br2N2O4. The standard InChI is InChI=1S/C24H16Br2N2O4/c1-30-21-9-15-13-5-2-3-7-19(13)32-20(15)11-18(21)28-22(29)12-31-24-17(26)10-16(25)14-6-4-8-27-23(14)24/h2-11H,12H2,1H3,(H,28,29). The summed E-state index contributed by atoms with van der Waals surface area (Å²) in [7, 11) is 1.56. The second-order valence-electron chi connectivity index (χ2n) is 7.05. The molecule has 8 heteroatoms. The van der Waals surface area contributed by atoms with Gasteiger partial charge < -0.3 is 19.2 Å². The highest BCUT2D eigenvalue weighted by atomic mass is 79.9. The zero-order valence-electron chi connectivity index (χ0n) is 16.8. The number of pyridine rings is 1. The van der Waals surface area contributed by atoms with Crippen molar-refractivity contribution in [3.8, 4) is 11.5 Å². The van der Waals surface area contributed by atoms with Gasteiger partial charge in [0, 0.05) is 32.9 Å². The van der Waals surface area contributed by atoms with Crippen molar-refractivity contribution in [2.45, 2.75) is 0 Å². The number of fused-ring (bicyclic) bond motifs is 4. The van der Waals surface area contributed by atoms with Crippen molar-refractivity contribution in [2.24, 2.45) is 0 Å². The molecule has 160 valence electrons. The molecule has 0 saturated heterocycles. The van der Waals surface area contributed by atoms with Gasteiger partial charge in [0.05, 0.1) is 17.3 Å². The number of ether oxygens (including phenoxy) is 2. The molecule has 0 spiro atoms. The minimum absolute atomic E-state index is 0.201. The first-order valence-electron chi connectivity index (χ1n) is 9.70. The molecule has 0 fully saturated rings. The largest absolute Gasteiger partial charge is 0.495 e. The van der Waals surface area contributed by atoms with Crippen LogP contribution in [0.25, 0.3) is 32.8 Å². The van der Waals surface area contributed by atoms with Crippen LogP contribution in [0, 0.1) is 0 Å². The van der Waals surface area contributed by atoms with Crippen LogP contribution < -0.4 is 14.8 Å². The topological polar surface area (TPSA) is 73.6 Å². The Labute approximate surface area is 199 Å². The second-order valence-corrected chi connectivity index (χ2v) is 8.76.